The van der Waals surface area contributed by atoms with Gasteiger partial charge in [-0.15, -0.1) is 0 Å². The predicted octanol–water partition coefficient (Wildman–Crippen LogP) is 2.79. The molecule has 3 heterocycles. The van der Waals surface area contributed by atoms with Gasteiger partial charge in [0.25, 0.3) is 0 Å². The molecule has 1 fully saturated rings. The van der Waals surface area contributed by atoms with Crippen molar-refractivity contribution in [2.24, 2.45) is 0 Å². The van der Waals surface area contributed by atoms with E-state index in [1.807, 2.05) is 29.5 Å². The molecule has 1 saturated heterocycles. The molecular weight excluding hydrogens is 426 g/mol. The molecule has 10 nitrogen and oxygen atoms in total. The zero-order chi connectivity index (χ0) is 23.5. The quantitative estimate of drug-likeness (QED) is 0.455. The van der Waals surface area contributed by atoms with Gasteiger partial charge in [-0.3, -0.25) is 0 Å². The number of hydrogen-bond acceptors (Lipinski definition) is 8. The number of anilines is 2. The van der Waals surface area contributed by atoms with Crippen molar-refractivity contribution < 1.29 is 14.3 Å². The topological polar surface area (TPSA) is 120 Å². The molecule has 0 spiro atoms. The maximum atomic E-state index is 11.5. The second kappa shape index (κ2) is 9.86. The normalized spacial score (nSPS) is 16.4. The van der Waals surface area contributed by atoms with Crippen LogP contribution in [0.15, 0.2) is 6.07 Å². The molecule has 0 saturated carbocycles. The van der Waals surface area contributed by atoms with E-state index in [2.05, 4.69) is 34.9 Å². The zero-order valence-corrected chi connectivity index (χ0v) is 20.9. The van der Waals surface area contributed by atoms with Gasteiger partial charge in [-0.1, -0.05) is 19.6 Å². The molecule has 0 radical (unpaired) electrons. The van der Waals surface area contributed by atoms with Gasteiger partial charge in [0.1, 0.15) is 24.3 Å². The van der Waals surface area contributed by atoms with Crippen LogP contribution < -0.4 is 16.0 Å². The summed E-state index contributed by atoms with van der Waals surface area (Å²) in [5.41, 5.74) is 9.54. The first kappa shape index (κ1) is 24.0. The fourth-order valence-corrected chi connectivity index (χ4v) is 4.27. The number of alkyl carbamates (subject to hydrolysis) is 1. The lowest BCUT2D eigenvalue weighted by Gasteiger charge is -2.18. The second-order valence-electron chi connectivity index (χ2n) is 9.39. The van der Waals surface area contributed by atoms with Crippen molar-refractivity contribution in [1.29, 1.82) is 0 Å². The summed E-state index contributed by atoms with van der Waals surface area (Å²) >= 11 is 0. The molecule has 2 aromatic heterocycles. The molecule has 3 N–H and O–H groups in total. The van der Waals surface area contributed by atoms with Crippen LogP contribution in [0.4, 0.5) is 16.6 Å². The van der Waals surface area contributed by atoms with E-state index in [1.165, 1.54) is 0 Å². The molecule has 0 unspecified atom stereocenters. The summed E-state index contributed by atoms with van der Waals surface area (Å²) in [4.78, 5) is 22.4. The number of nitrogens with two attached hydrogens (primary N) is 1. The highest BCUT2D eigenvalue weighted by molar-refractivity contribution is 6.76. The molecule has 176 valence electrons. The highest BCUT2D eigenvalue weighted by Crippen LogP contribution is 2.28. The molecule has 1 amide bonds. The van der Waals surface area contributed by atoms with E-state index >= 15 is 0 Å². The van der Waals surface area contributed by atoms with Crippen LogP contribution in [0.1, 0.15) is 17.7 Å². The number of nitrogen functional groups attached to an aromatic ring is 1. The smallest absolute Gasteiger partial charge is 0.407 e. The molecule has 1 aliphatic heterocycles. The monoisotopic (exact) mass is 461 g/mol. The Morgan fingerprint density at radius 3 is 2.75 bits per heavy atom. The van der Waals surface area contributed by atoms with Crippen molar-refractivity contribution in [3.8, 4) is 11.4 Å². The van der Waals surface area contributed by atoms with Crippen LogP contribution in [-0.2, 0) is 16.2 Å². The Bertz CT molecular complexity index is 958. The highest BCUT2D eigenvalue weighted by atomic mass is 28.3. The van der Waals surface area contributed by atoms with Gasteiger partial charge in [0.15, 0.2) is 0 Å². The van der Waals surface area contributed by atoms with Crippen LogP contribution in [0.25, 0.3) is 11.4 Å². The van der Waals surface area contributed by atoms with Crippen molar-refractivity contribution >= 4 is 25.9 Å². The summed E-state index contributed by atoms with van der Waals surface area (Å²) in [6, 6.07) is 3.01. The molecular formula is C21H35N7O3Si. The number of carbonyl (C=O) groups is 1. The van der Waals surface area contributed by atoms with Crippen molar-refractivity contribution in [3.05, 3.63) is 17.3 Å². The number of hydrogen-bond donors (Lipinski definition) is 2. The summed E-state index contributed by atoms with van der Waals surface area (Å²) in [7, 11) is 0.418. The maximum absolute atomic E-state index is 11.5. The van der Waals surface area contributed by atoms with Gasteiger partial charge >= 0.3 is 6.09 Å². The van der Waals surface area contributed by atoms with Gasteiger partial charge in [-0.2, -0.15) is 10.1 Å². The molecule has 0 aliphatic carbocycles. The number of nitrogens with one attached hydrogen (secondary N) is 1. The van der Waals surface area contributed by atoms with Gasteiger partial charge in [0.05, 0.1) is 12.2 Å². The Morgan fingerprint density at radius 2 is 2.06 bits per heavy atom. The minimum absolute atomic E-state index is 0.186. The fourth-order valence-electron chi connectivity index (χ4n) is 3.51. The molecule has 3 rings (SSSR count). The SMILES string of the molecule is CNC(=O)O[C@@H]1CCN(c2cc(-c3nn(COCC[Si](C)(C)C)c(C)c3C)nc(N)n2)C1. The molecule has 0 aromatic carbocycles. The maximum Gasteiger partial charge on any atom is 0.407 e. The van der Waals surface area contributed by atoms with E-state index in [0.29, 0.717) is 24.8 Å². The summed E-state index contributed by atoms with van der Waals surface area (Å²) < 4.78 is 13.1. The van der Waals surface area contributed by atoms with E-state index in [0.717, 1.165) is 42.6 Å². The van der Waals surface area contributed by atoms with Gasteiger partial charge in [0, 0.05) is 46.5 Å². The Morgan fingerprint density at radius 1 is 1.31 bits per heavy atom. The number of nitrogens with zero attached hydrogens (tertiary/aromatic N) is 5. The Hall–Kier alpha value is -2.66. The average molecular weight is 462 g/mol. The third-order valence-electron chi connectivity index (χ3n) is 5.64. The summed E-state index contributed by atoms with van der Waals surface area (Å²) in [5.74, 6) is 0.889. The van der Waals surface area contributed by atoms with E-state index in [-0.39, 0.29) is 12.1 Å². The lowest BCUT2D eigenvalue weighted by molar-refractivity contribution is 0.0772. The molecule has 1 aliphatic rings. The Balaban J connectivity index is 1.74. The zero-order valence-electron chi connectivity index (χ0n) is 19.9. The van der Waals surface area contributed by atoms with Gasteiger partial charge in [0.2, 0.25) is 5.95 Å². The standard InChI is InChI=1S/C21H35N7O3Si/c1-14-15(2)28(13-30-9-10-32(4,5)6)26-19(14)17-11-18(25-20(22)24-17)27-8-7-16(12-27)31-21(29)23-3/h11,16H,7-10,12-13H2,1-6H3,(H,23,29)(H2,22,24,25)/t16-/m1/s1. The van der Waals surface area contributed by atoms with Gasteiger partial charge in [-0.25, -0.2) is 14.5 Å². The Kier molecular flexibility index (Phi) is 7.39. The minimum Gasteiger partial charge on any atom is -0.444 e. The second-order valence-corrected chi connectivity index (χ2v) is 15.0. The van der Waals surface area contributed by atoms with Crippen LogP contribution in [0.5, 0.6) is 0 Å². The lowest BCUT2D eigenvalue weighted by atomic mass is 10.1. The van der Waals surface area contributed by atoms with Crippen molar-refractivity contribution in [3.63, 3.8) is 0 Å². The summed E-state index contributed by atoms with van der Waals surface area (Å²) in [6.45, 7) is 13.5. The summed E-state index contributed by atoms with van der Waals surface area (Å²) in [6.07, 6.45) is 0.114. The minimum atomic E-state index is -1.13. The number of aromatic nitrogens is 4. The number of amides is 1. The Labute approximate surface area is 190 Å². The van der Waals surface area contributed by atoms with Gasteiger partial charge < -0.3 is 25.4 Å². The largest absolute Gasteiger partial charge is 0.444 e. The molecule has 1 atom stereocenters. The van der Waals surface area contributed by atoms with Crippen LogP contribution in [0, 0.1) is 13.8 Å². The molecule has 0 bridgehead atoms. The van der Waals surface area contributed by atoms with Crippen molar-refractivity contribution in [1.82, 2.24) is 25.1 Å². The molecule has 2 aromatic rings. The number of rotatable bonds is 8. The van der Waals surface area contributed by atoms with Crippen molar-refractivity contribution in [2.45, 2.75) is 58.8 Å². The predicted molar refractivity (Wildman–Crippen MR) is 127 cm³/mol. The average Bonchev–Trinajstić information content (AvgIpc) is 3.29. The van der Waals surface area contributed by atoms with Gasteiger partial charge in [-0.05, 0) is 25.5 Å². The van der Waals surface area contributed by atoms with Crippen LogP contribution in [-0.4, -0.2) is 66.8 Å². The van der Waals surface area contributed by atoms with Crippen LogP contribution in [0.2, 0.25) is 25.7 Å². The molecule has 11 heteroatoms. The van der Waals surface area contributed by atoms with Crippen LogP contribution in [0.3, 0.4) is 0 Å². The highest BCUT2D eigenvalue weighted by Gasteiger charge is 2.27. The lowest BCUT2D eigenvalue weighted by Crippen LogP contribution is -2.29. The van der Waals surface area contributed by atoms with E-state index in [1.54, 1.807) is 7.05 Å². The third-order valence-corrected chi connectivity index (χ3v) is 7.34. The molecule has 32 heavy (non-hydrogen) atoms. The first-order valence-electron chi connectivity index (χ1n) is 11.0. The van der Waals surface area contributed by atoms with E-state index in [4.69, 9.17) is 20.3 Å². The first-order valence-corrected chi connectivity index (χ1v) is 14.7. The summed E-state index contributed by atoms with van der Waals surface area (Å²) in [5, 5.41) is 7.23. The van der Waals surface area contributed by atoms with E-state index < -0.39 is 14.2 Å². The first-order chi connectivity index (χ1) is 15.1. The fraction of sp³-hybridized carbons (Fsp3) is 0.619. The van der Waals surface area contributed by atoms with Crippen LogP contribution >= 0.6 is 0 Å². The third kappa shape index (κ3) is 5.97. The van der Waals surface area contributed by atoms with Crippen molar-refractivity contribution in [2.75, 3.05) is 37.4 Å². The number of carbonyl (C=O) groups excluding carboxylic acids is 1. The number of ether oxygens (including phenoxy) is 2. The van der Waals surface area contributed by atoms with E-state index in [9.17, 15) is 4.79 Å².